The number of amides is 2. The monoisotopic (exact) mass is 483 g/mol. The molecule has 0 radical (unpaired) electrons. The van der Waals surface area contributed by atoms with E-state index in [1.165, 1.54) is 0 Å². The second-order valence-electron chi connectivity index (χ2n) is 6.91. The number of alkyl halides is 3. The Balaban J connectivity index is 0.000000718. The van der Waals surface area contributed by atoms with E-state index in [1.54, 1.807) is 24.3 Å². The van der Waals surface area contributed by atoms with Gasteiger partial charge in [0.15, 0.2) is 0 Å². The Kier molecular flexibility index (Phi) is 11.2. The van der Waals surface area contributed by atoms with Gasteiger partial charge in [0.2, 0.25) is 11.8 Å². The zero-order chi connectivity index (χ0) is 25.7. The molecular weight excluding hydrogens is 459 g/mol. The number of hydrogen-bond donors (Lipinski definition) is 5. The predicted molar refractivity (Wildman–Crippen MR) is 115 cm³/mol. The molecule has 184 valence electrons. The van der Waals surface area contributed by atoms with Gasteiger partial charge in [0.05, 0.1) is 6.54 Å². The third kappa shape index (κ3) is 10.6. The van der Waals surface area contributed by atoms with Crippen LogP contribution in [0.1, 0.15) is 11.1 Å². The number of nitrogens with one attached hydrogen (secondary N) is 2. The molecule has 0 bridgehead atoms. The Morgan fingerprint density at radius 2 is 1.21 bits per heavy atom. The van der Waals surface area contributed by atoms with E-state index in [4.69, 9.17) is 15.6 Å². The van der Waals surface area contributed by atoms with Crippen molar-refractivity contribution >= 4 is 23.8 Å². The quantitative estimate of drug-likeness (QED) is 0.357. The Morgan fingerprint density at radius 1 is 0.794 bits per heavy atom. The summed E-state index contributed by atoms with van der Waals surface area (Å²) < 4.78 is 31.7. The maximum absolute atomic E-state index is 12.7. The zero-order valence-corrected chi connectivity index (χ0v) is 17.8. The minimum absolute atomic E-state index is 0.144. The van der Waals surface area contributed by atoms with Crippen LogP contribution < -0.4 is 16.4 Å². The molecule has 0 aromatic heterocycles. The first-order valence-corrected chi connectivity index (χ1v) is 9.84. The molecule has 0 aliphatic rings. The lowest BCUT2D eigenvalue weighted by molar-refractivity contribution is -0.192. The summed E-state index contributed by atoms with van der Waals surface area (Å²) in [5, 5.41) is 21.7. The Labute approximate surface area is 192 Å². The van der Waals surface area contributed by atoms with Crippen molar-refractivity contribution in [2.24, 2.45) is 5.73 Å². The average molecular weight is 483 g/mol. The van der Waals surface area contributed by atoms with Crippen LogP contribution in [0.3, 0.4) is 0 Å². The molecule has 0 fully saturated rings. The summed E-state index contributed by atoms with van der Waals surface area (Å²) >= 11 is 0. The highest BCUT2D eigenvalue weighted by molar-refractivity contribution is 5.91. The standard InChI is InChI=1S/C20H23N3O4.C2HF3O2/c21-13-18(24)22-16(11-14-7-3-1-4-8-14)19(25)23-17(20(26)27)12-15-9-5-2-6-10-15;3-2(4,5)1(6)7/h1-10,16-17H,11-13,21H2,(H,22,24)(H,23,25)(H,26,27);(H,6,7)/t16-,17-;/m0./s1. The first kappa shape index (κ1) is 28.1. The molecule has 9 nitrogen and oxygen atoms in total. The van der Waals surface area contributed by atoms with Crippen LogP contribution in [-0.4, -0.2) is 58.8 Å². The van der Waals surface area contributed by atoms with E-state index in [0.29, 0.717) is 0 Å². The van der Waals surface area contributed by atoms with Gasteiger partial charge in [-0.3, -0.25) is 9.59 Å². The lowest BCUT2D eigenvalue weighted by atomic mass is 10.0. The number of hydrogen-bond acceptors (Lipinski definition) is 5. The molecular formula is C22H24F3N3O6. The third-order valence-corrected chi connectivity index (χ3v) is 4.26. The van der Waals surface area contributed by atoms with Crippen molar-refractivity contribution in [1.29, 1.82) is 0 Å². The normalized spacial score (nSPS) is 12.4. The molecule has 0 heterocycles. The molecule has 0 spiro atoms. The SMILES string of the molecule is NCC(=O)N[C@@H](Cc1ccccc1)C(=O)N[C@@H](Cc1ccccc1)C(=O)O.O=C(O)C(F)(F)F. The van der Waals surface area contributed by atoms with Gasteiger partial charge in [-0.1, -0.05) is 60.7 Å². The van der Waals surface area contributed by atoms with Crippen LogP contribution in [0.2, 0.25) is 0 Å². The van der Waals surface area contributed by atoms with Gasteiger partial charge >= 0.3 is 18.1 Å². The molecule has 2 aromatic rings. The molecule has 2 atom stereocenters. The number of aliphatic carboxylic acids is 2. The number of rotatable bonds is 9. The van der Waals surface area contributed by atoms with Gasteiger partial charge in [-0.25, -0.2) is 9.59 Å². The van der Waals surface area contributed by atoms with Crippen LogP contribution in [0, 0.1) is 0 Å². The van der Waals surface area contributed by atoms with E-state index in [2.05, 4.69) is 10.6 Å². The first-order valence-electron chi connectivity index (χ1n) is 9.84. The number of carbonyl (C=O) groups excluding carboxylic acids is 2. The van der Waals surface area contributed by atoms with E-state index in [0.717, 1.165) is 11.1 Å². The number of halogens is 3. The molecule has 0 saturated heterocycles. The van der Waals surface area contributed by atoms with E-state index in [1.807, 2.05) is 36.4 Å². The number of carbonyl (C=O) groups is 4. The van der Waals surface area contributed by atoms with Crippen LogP contribution in [0.5, 0.6) is 0 Å². The van der Waals surface area contributed by atoms with E-state index in [9.17, 15) is 32.7 Å². The molecule has 6 N–H and O–H groups in total. The fourth-order valence-corrected chi connectivity index (χ4v) is 2.63. The van der Waals surface area contributed by atoms with Crippen molar-refractivity contribution in [3.05, 3.63) is 71.8 Å². The first-order chi connectivity index (χ1) is 15.9. The number of carboxylic acids is 2. The van der Waals surface area contributed by atoms with Crippen LogP contribution in [-0.2, 0) is 32.0 Å². The number of benzene rings is 2. The van der Waals surface area contributed by atoms with E-state index < -0.39 is 42.0 Å². The van der Waals surface area contributed by atoms with Gasteiger partial charge in [0.25, 0.3) is 0 Å². The Hall–Kier alpha value is -3.93. The Morgan fingerprint density at radius 3 is 1.56 bits per heavy atom. The van der Waals surface area contributed by atoms with Crippen molar-refractivity contribution < 1.29 is 42.6 Å². The van der Waals surface area contributed by atoms with E-state index in [-0.39, 0.29) is 19.4 Å². The second-order valence-corrected chi connectivity index (χ2v) is 6.91. The van der Waals surface area contributed by atoms with Crippen molar-refractivity contribution in [2.75, 3.05) is 6.54 Å². The summed E-state index contributed by atoms with van der Waals surface area (Å²) in [6.45, 7) is -0.259. The predicted octanol–water partition coefficient (Wildman–Crippen LogP) is 1.12. The van der Waals surface area contributed by atoms with Gasteiger partial charge in [-0.15, -0.1) is 0 Å². The third-order valence-electron chi connectivity index (χ3n) is 4.26. The summed E-state index contributed by atoms with van der Waals surface area (Å²) in [7, 11) is 0. The van der Waals surface area contributed by atoms with Gasteiger partial charge < -0.3 is 26.6 Å². The lowest BCUT2D eigenvalue weighted by Gasteiger charge is -2.21. The van der Waals surface area contributed by atoms with Crippen LogP contribution in [0.25, 0.3) is 0 Å². The van der Waals surface area contributed by atoms with Crippen LogP contribution >= 0.6 is 0 Å². The van der Waals surface area contributed by atoms with Crippen molar-refractivity contribution in [1.82, 2.24) is 10.6 Å². The smallest absolute Gasteiger partial charge is 0.480 e. The zero-order valence-electron chi connectivity index (χ0n) is 17.8. The summed E-state index contributed by atoms with van der Waals surface area (Å²) in [4.78, 5) is 44.8. The molecule has 2 amide bonds. The summed E-state index contributed by atoms with van der Waals surface area (Å²) in [5.74, 6) is -4.95. The van der Waals surface area contributed by atoms with Gasteiger partial charge in [-0.05, 0) is 11.1 Å². The van der Waals surface area contributed by atoms with Crippen molar-refractivity contribution in [2.45, 2.75) is 31.1 Å². The molecule has 0 aliphatic heterocycles. The topological polar surface area (TPSA) is 159 Å². The van der Waals surface area contributed by atoms with Crippen molar-refractivity contribution in [3.8, 4) is 0 Å². The molecule has 0 unspecified atom stereocenters. The fraction of sp³-hybridized carbons (Fsp3) is 0.273. The number of carboxylic acid groups (broad SMARTS) is 2. The van der Waals surface area contributed by atoms with Gasteiger partial charge in [-0.2, -0.15) is 13.2 Å². The highest BCUT2D eigenvalue weighted by Gasteiger charge is 2.38. The molecule has 12 heteroatoms. The highest BCUT2D eigenvalue weighted by atomic mass is 19.4. The van der Waals surface area contributed by atoms with Gasteiger partial charge in [0.1, 0.15) is 12.1 Å². The highest BCUT2D eigenvalue weighted by Crippen LogP contribution is 2.13. The minimum Gasteiger partial charge on any atom is -0.480 e. The average Bonchev–Trinajstić information content (AvgIpc) is 2.79. The second kappa shape index (κ2) is 13.6. The maximum Gasteiger partial charge on any atom is 0.490 e. The van der Waals surface area contributed by atoms with Crippen LogP contribution in [0.15, 0.2) is 60.7 Å². The van der Waals surface area contributed by atoms with Crippen LogP contribution in [0.4, 0.5) is 13.2 Å². The molecule has 0 saturated carbocycles. The maximum atomic E-state index is 12.7. The molecule has 2 rings (SSSR count). The summed E-state index contributed by atoms with van der Waals surface area (Å²) in [6, 6.07) is 16.1. The molecule has 2 aromatic carbocycles. The Bertz CT molecular complexity index is 955. The van der Waals surface area contributed by atoms with Gasteiger partial charge in [0, 0.05) is 12.8 Å². The minimum atomic E-state index is -5.08. The largest absolute Gasteiger partial charge is 0.490 e. The summed E-state index contributed by atoms with van der Waals surface area (Å²) in [6.07, 6.45) is -4.71. The molecule has 34 heavy (non-hydrogen) atoms. The summed E-state index contributed by atoms with van der Waals surface area (Å²) in [5.41, 5.74) is 6.95. The fourth-order valence-electron chi connectivity index (χ4n) is 2.63. The molecule has 0 aliphatic carbocycles. The van der Waals surface area contributed by atoms with Crippen molar-refractivity contribution in [3.63, 3.8) is 0 Å². The lowest BCUT2D eigenvalue weighted by Crippen LogP contribution is -2.53. The van der Waals surface area contributed by atoms with E-state index >= 15 is 0 Å². The number of nitrogens with two attached hydrogens (primary N) is 1.